The van der Waals surface area contributed by atoms with Crippen LogP contribution < -0.4 is 5.32 Å². The second kappa shape index (κ2) is 14.3. The summed E-state index contributed by atoms with van der Waals surface area (Å²) in [6.07, 6.45) is 7.30. The van der Waals surface area contributed by atoms with Crippen LogP contribution in [-0.4, -0.2) is 94.7 Å². The van der Waals surface area contributed by atoms with E-state index in [1.165, 1.54) is 4.90 Å². The van der Waals surface area contributed by atoms with E-state index in [0.29, 0.717) is 45.2 Å². The number of hydrogen-bond donors (Lipinski definition) is 2. The molecule has 0 aliphatic carbocycles. The summed E-state index contributed by atoms with van der Waals surface area (Å²) in [5.74, 6) is -3.03. The molecule has 0 saturated carbocycles. The van der Waals surface area contributed by atoms with Crippen LogP contribution in [0.5, 0.6) is 0 Å². The molecule has 0 aromatic rings. The monoisotopic (exact) mass is 561 g/mol. The Balaban J connectivity index is 1.86. The molecule has 3 aliphatic rings. The molecule has 2 bridgehead atoms. The third kappa shape index (κ3) is 6.28. The Kier molecular flexibility index (Phi) is 11.3. The Bertz CT molecular complexity index is 952. The second-order valence-electron chi connectivity index (χ2n) is 11.2. The molecule has 3 saturated heterocycles. The number of amides is 3. The number of unbranched alkanes of at least 4 members (excludes halogenated alkanes) is 2. The average molecular weight is 562 g/mol. The highest BCUT2D eigenvalue weighted by atomic mass is 16.6. The first-order chi connectivity index (χ1) is 19.2. The number of rotatable bonds is 17. The van der Waals surface area contributed by atoms with E-state index < -0.39 is 47.7 Å². The standard InChI is InChI=1S/C30H47N3O7/c1-6-10-12-17-32(16-8-3)28(37)26-30-15-14-22(40-30)24(25(30)27(36)33(26)21(9-4)19-34)29(38)39-20(5)18-31-23(35)13-11-7-2/h7-8,20-22,24-26,34H,2-3,6,9-19H2,1,4-5H3,(H,31,35)/t20-,21+,22+,24-,25-,26+,30-/m1/s1. The molecule has 224 valence electrons. The van der Waals surface area contributed by atoms with Gasteiger partial charge < -0.3 is 29.7 Å². The molecular formula is C30H47N3O7. The lowest BCUT2D eigenvalue weighted by atomic mass is 9.70. The van der Waals surface area contributed by atoms with E-state index in [2.05, 4.69) is 25.4 Å². The molecule has 10 nitrogen and oxygen atoms in total. The Morgan fingerprint density at radius 1 is 1.27 bits per heavy atom. The number of carbonyl (C=O) groups is 4. The van der Waals surface area contributed by atoms with E-state index in [1.54, 1.807) is 24.0 Å². The van der Waals surface area contributed by atoms with Crippen molar-refractivity contribution in [3.8, 4) is 0 Å². The summed E-state index contributed by atoms with van der Waals surface area (Å²) in [5.41, 5.74) is -1.16. The predicted octanol–water partition coefficient (Wildman–Crippen LogP) is 2.35. The minimum absolute atomic E-state index is 0.146. The number of nitrogens with one attached hydrogen (secondary N) is 1. The summed E-state index contributed by atoms with van der Waals surface area (Å²) in [6, 6.07) is -1.51. The average Bonchev–Trinajstić information content (AvgIpc) is 3.58. The van der Waals surface area contributed by atoms with Gasteiger partial charge in [-0.25, -0.2) is 0 Å². The highest BCUT2D eigenvalue weighted by Crippen LogP contribution is 2.59. The topological polar surface area (TPSA) is 125 Å². The maximum Gasteiger partial charge on any atom is 0.312 e. The quantitative estimate of drug-likeness (QED) is 0.159. The van der Waals surface area contributed by atoms with Crippen molar-refractivity contribution in [2.75, 3.05) is 26.2 Å². The van der Waals surface area contributed by atoms with Crippen molar-refractivity contribution in [1.29, 1.82) is 0 Å². The van der Waals surface area contributed by atoms with Gasteiger partial charge in [-0.2, -0.15) is 0 Å². The van der Waals surface area contributed by atoms with Gasteiger partial charge in [-0.15, -0.1) is 13.2 Å². The molecule has 7 atom stereocenters. The largest absolute Gasteiger partial charge is 0.460 e. The fourth-order valence-electron chi connectivity index (χ4n) is 6.52. The maximum absolute atomic E-state index is 14.2. The van der Waals surface area contributed by atoms with Crippen LogP contribution in [0.4, 0.5) is 0 Å². The summed E-state index contributed by atoms with van der Waals surface area (Å²) in [6.45, 7) is 13.8. The first-order valence-electron chi connectivity index (χ1n) is 14.8. The third-order valence-corrected chi connectivity index (χ3v) is 8.49. The predicted molar refractivity (Wildman–Crippen MR) is 150 cm³/mol. The first-order valence-corrected chi connectivity index (χ1v) is 14.8. The van der Waals surface area contributed by atoms with Crippen LogP contribution >= 0.6 is 0 Å². The van der Waals surface area contributed by atoms with Crippen molar-refractivity contribution in [2.45, 2.75) is 102 Å². The summed E-state index contributed by atoms with van der Waals surface area (Å²) >= 11 is 0. The SMILES string of the molecule is C=CCCC(=O)NC[C@@H](C)OC(=O)[C@@H]1[C@@H]2CC[C@]3(O2)[C@H](C(=O)N(CC=C)CCCCC)N([C@@H](CC)CO)C(=O)[C@@H]13. The molecule has 3 fully saturated rings. The number of esters is 1. The van der Waals surface area contributed by atoms with E-state index in [9.17, 15) is 24.3 Å². The van der Waals surface area contributed by atoms with Crippen LogP contribution in [-0.2, 0) is 28.7 Å². The Morgan fingerprint density at radius 2 is 2.02 bits per heavy atom. The van der Waals surface area contributed by atoms with Gasteiger partial charge in [-0.3, -0.25) is 19.2 Å². The van der Waals surface area contributed by atoms with Gasteiger partial charge in [-0.1, -0.05) is 38.8 Å². The van der Waals surface area contributed by atoms with Crippen LogP contribution in [0.2, 0.25) is 0 Å². The molecule has 3 amide bonds. The summed E-state index contributed by atoms with van der Waals surface area (Å²) < 4.78 is 12.2. The number of nitrogens with zero attached hydrogens (tertiary/aromatic N) is 2. The number of carbonyl (C=O) groups excluding carboxylic acids is 4. The van der Waals surface area contributed by atoms with Crippen LogP contribution in [0.1, 0.15) is 72.1 Å². The Labute approximate surface area is 238 Å². The number of aliphatic hydroxyl groups excluding tert-OH is 1. The molecule has 3 aliphatic heterocycles. The summed E-state index contributed by atoms with van der Waals surface area (Å²) in [4.78, 5) is 56.9. The summed E-state index contributed by atoms with van der Waals surface area (Å²) in [7, 11) is 0. The van der Waals surface area contributed by atoms with Gasteiger partial charge in [0.1, 0.15) is 17.7 Å². The van der Waals surface area contributed by atoms with Crippen LogP contribution in [0, 0.1) is 11.8 Å². The highest BCUT2D eigenvalue weighted by Gasteiger charge is 2.75. The smallest absolute Gasteiger partial charge is 0.312 e. The number of allylic oxidation sites excluding steroid dienone is 1. The number of hydrogen-bond acceptors (Lipinski definition) is 7. The van der Waals surface area contributed by atoms with Crippen molar-refractivity contribution in [3.05, 3.63) is 25.3 Å². The fourth-order valence-corrected chi connectivity index (χ4v) is 6.52. The third-order valence-electron chi connectivity index (χ3n) is 8.49. The van der Waals surface area contributed by atoms with Gasteiger partial charge in [0.15, 0.2) is 0 Å². The van der Waals surface area contributed by atoms with Gasteiger partial charge in [0.25, 0.3) is 0 Å². The van der Waals surface area contributed by atoms with Gasteiger partial charge >= 0.3 is 5.97 Å². The van der Waals surface area contributed by atoms with Gasteiger partial charge in [-0.05, 0) is 39.0 Å². The van der Waals surface area contributed by atoms with Crippen LogP contribution in [0.3, 0.4) is 0 Å². The van der Waals surface area contributed by atoms with E-state index in [4.69, 9.17) is 9.47 Å². The van der Waals surface area contributed by atoms with Gasteiger partial charge in [0.2, 0.25) is 17.7 Å². The lowest BCUT2D eigenvalue weighted by Gasteiger charge is -2.39. The Hall–Kier alpha value is -2.72. The minimum Gasteiger partial charge on any atom is -0.460 e. The second-order valence-corrected chi connectivity index (χ2v) is 11.2. The van der Waals surface area contributed by atoms with Crippen molar-refractivity contribution in [3.63, 3.8) is 0 Å². The molecule has 10 heteroatoms. The molecule has 0 aromatic carbocycles. The molecule has 40 heavy (non-hydrogen) atoms. The van der Waals surface area contributed by atoms with Crippen molar-refractivity contribution in [1.82, 2.24) is 15.1 Å². The minimum atomic E-state index is -1.16. The molecule has 3 rings (SSSR count). The zero-order valence-corrected chi connectivity index (χ0v) is 24.3. The summed E-state index contributed by atoms with van der Waals surface area (Å²) in [5, 5.41) is 12.9. The molecule has 0 unspecified atom stereocenters. The fraction of sp³-hybridized carbons (Fsp3) is 0.733. The van der Waals surface area contributed by atoms with Crippen LogP contribution in [0.15, 0.2) is 25.3 Å². The van der Waals surface area contributed by atoms with Crippen molar-refractivity contribution in [2.24, 2.45) is 11.8 Å². The molecule has 1 spiro atoms. The highest BCUT2D eigenvalue weighted by molar-refractivity contribution is 5.98. The normalized spacial score (nSPS) is 28.1. The molecule has 3 heterocycles. The molecule has 0 aromatic heterocycles. The number of likely N-dealkylation sites (tertiary alicyclic amines) is 1. The molecule has 0 radical (unpaired) electrons. The molecular weight excluding hydrogens is 514 g/mol. The first kappa shape index (κ1) is 31.8. The van der Waals surface area contributed by atoms with E-state index in [1.807, 2.05) is 6.92 Å². The van der Waals surface area contributed by atoms with E-state index >= 15 is 0 Å². The maximum atomic E-state index is 14.2. The van der Waals surface area contributed by atoms with E-state index in [-0.39, 0.29) is 30.9 Å². The van der Waals surface area contributed by atoms with E-state index in [0.717, 1.165) is 19.3 Å². The number of fused-ring (bicyclic) bond motifs is 1. The molecule has 2 N–H and O–H groups in total. The lowest BCUT2D eigenvalue weighted by Crippen LogP contribution is -2.58. The van der Waals surface area contributed by atoms with Crippen LogP contribution in [0.25, 0.3) is 0 Å². The van der Waals surface area contributed by atoms with Gasteiger partial charge in [0.05, 0.1) is 37.1 Å². The lowest BCUT2D eigenvalue weighted by molar-refractivity contribution is -0.160. The van der Waals surface area contributed by atoms with Gasteiger partial charge in [0, 0.05) is 19.5 Å². The van der Waals surface area contributed by atoms with Crippen molar-refractivity contribution >= 4 is 23.7 Å². The number of ether oxygens (including phenoxy) is 2. The zero-order chi connectivity index (χ0) is 29.4. The number of aliphatic hydroxyl groups is 1. The van der Waals surface area contributed by atoms with Crippen molar-refractivity contribution < 1.29 is 33.8 Å². The zero-order valence-electron chi connectivity index (χ0n) is 24.3. The Morgan fingerprint density at radius 3 is 2.65 bits per heavy atom.